The lowest BCUT2D eigenvalue weighted by molar-refractivity contribution is -0.188. The maximum Gasteiger partial charge on any atom is 0.302 e. The zero-order valence-corrected chi connectivity index (χ0v) is 12.5. The van der Waals surface area contributed by atoms with Crippen LogP contribution >= 0.6 is 0 Å². The summed E-state index contributed by atoms with van der Waals surface area (Å²) in [6.45, 7) is 2.79. The van der Waals surface area contributed by atoms with Gasteiger partial charge >= 0.3 is 5.97 Å². The minimum absolute atomic E-state index is 0.192. The average Bonchev–Trinajstić information content (AvgIpc) is 2.53. The van der Waals surface area contributed by atoms with E-state index in [0.717, 1.165) is 5.56 Å². The largest absolute Gasteiger partial charge is 0.466 e. The number of hydrogen-bond donors (Lipinski definition) is 0. The Hall–Kier alpha value is -2.14. The van der Waals surface area contributed by atoms with E-state index < -0.39 is 6.10 Å². The van der Waals surface area contributed by atoms with E-state index in [0.29, 0.717) is 31.9 Å². The summed E-state index contributed by atoms with van der Waals surface area (Å²) in [5.41, 5.74) is 1.31. The monoisotopic (exact) mass is 305 g/mol. The summed E-state index contributed by atoms with van der Waals surface area (Å²) in [5.74, 6) is 1.52. The molecule has 6 nitrogen and oxygen atoms in total. The second-order valence-electron chi connectivity index (χ2n) is 4.84. The highest BCUT2D eigenvalue weighted by Crippen LogP contribution is 2.20. The number of rotatable bonds is 6. The van der Waals surface area contributed by atoms with Gasteiger partial charge in [0.05, 0.1) is 26.4 Å². The Balaban J connectivity index is 1.90. The molecule has 0 N–H and O–H groups in total. The van der Waals surface area contributed by atoms with Crippen LogP contribution in [0, 0.1) is 0 Å². The van der Waals surface area contributed by atoms with Crippen molar-refractivity contribution in [3.63, 3.8) is 0 Å². The summed E-state index contributed by atoms with van der Waals surface area (Å²) in [6.07, 6.45) is -0.0728. The van der Waals surface area contributed by atoms with Crippen LogP contribution in [-0.4, -0.2) is 42.8 Å². The molecule has 0 saturated carbocycles. The van der Waals surface area contributed by atoms with Gasteiger partial charge in [0.15, 0.2) is 11.6 Å². The van der Waals surface area contributed by atoms with Gasteiger partial charge in [0.1, 0.15) is 6.10 Å². The predicted molar refractivity (Wildman–Crippen MR) is 78.1 cm³/mol. The quantitative estimate of drug-likeness (QED) is 0.586. The summed E-state index contributed by atoms with van der Waals surface area (Å²) in [5, 5.41) is 1.52. The lowest BCUT2D eigenvalue weighted by atomic mass is 10.2. The molecule has 118 valence electrons. The third kappa shape index (κ3) is 4.70. The molecule has 0 radical (unpaired) electrons. The highest BCUT2D eigenvalue weighted by atomic mass is 16.7. The lowest BCUT2D eigenvalue weighted by Crippen LogP contribution is -2.41. The Morgan fingerprint density at radius 1 is 1.41 bits per heavy atom. The SMILES string of the molecule is CC(=O)OCCC1OCCN(OCc2ccccc2)C1=C=O. The average molecular weight is 305 g/mol. The summed E-state index contributed by atoms with van der Waals surface area (Å²) in [6, 6.07) is 9.68. The van der Waals surface area contributed by atoms with Gasteiger partial charge in [-0.05, 0) is 5.56 Å². The van der Waals surface area contributed by atoms with Crippen LogP contribution in [0.1, 0.15) is 18.9 Å². The number of nitrogens with zero attached hydrogens (tertiary/aromatic N) is 1. The molecule has 1 aliphatic rings. The molecule has 1 heterocycles. The van der Waals surface area contributed by atoms with Crippen molar-refractivity contribution >= 4 is 11.9 Å². The van der Waals surface area contributed by atoms with Gasteiger partial charge in [-0.15, -0.1) is 0 Å². The van der Waals surface area contributed by atoms with Crippen LogP contribution < -0.4 is 0 Å². The fourth-order valence-corrected chi connectivity index (χ4v) is 2.15. The number of hydrogen-bond acceptors (Lipinski definition) is 6. The van der Waals surface area contributed by atoms with E-state index in [4.69, 9.17) is 14.3 Å². The molecule has 22 heavy (non-hydrogen) atoms. The van der Waals surface area contributed by atoms with Crippen molar-refractivity contribution in [1.82, 2.24) is 5.06 Å². The van der Waals surface area contributed by atoms with Gasteiger partial charge in [0.25, 0.3) is 0 Å². The Bertz CT molecular complexity index is 539. The molecule has 0 bridgehead atoms. The molecule has 0 aliphatic carbocycles. The second kappa shape index (κ2) is 8.34. The van der Waals surface area contributed by atoms with E-state index in [1.54, 1.807) is 0 Å². The van der Waals surface area contributed by atoms with Crippen LogP contribution in [0.4, 0.5) is 0 Å². The lowest BCUT2D eigenvalue weighted by Gasteiger charge is -2.33. The Morgan fingerprint density at radius 2 is 2.18 bits per heavy atom. The summed E-state index contributed by atoms with van der Waals surface area (Å²) >= 11 is 0. The van der Waals surface area contributed by atoms with Crippen LogP contribution in [-0.2, 0) is 30.5 Å². The minimum atomic E-state index is -0.471. The van der Waals surface area contributed by atoms with Crippen LogP contribution in [0.15, 0.2) is 36.0 Å². The molecule has 1 aromatic rings. The maximum absolute atomic E-state index is 11.2. The van der Waals surface area contributed by atoms with Crippen molar-refractivity contribution in [3.05, 3.63) is 41.6 Å². The number of benzene rings is 1. The van der Waals surface area contributed by atoms with Gasteiger partial charge in [0, 0.05) is 13.3 Å². The maximum atomic E-state index is 11.2. The number of carbonyl (C=O) groups is 1. The molecule has 6 heteroatoms. The first-order chi connectivity index (χ1) is 10.7. The minimum Gasteiger partial charge on any atom is -0.466 e. The van der Waals surface area contributed by atoms with Crippen molar-refractivity contribution in [1.29, 1.82) is 0 Å². The molecular formula is C16H19NO5. The fourth-order valence-electron chi connectivity index (χ4n) is 2.15. The molecule has 1 aromatic carbocycles. The van der Waals surface area contributed by atoms with Gasteiger partial charge in [-0.25, -0.2) is 9.86 Å². The van der Waals surface area contributed by atoms with E-state index in [1.807, 2.05) is 36.3 Å². The number of carbonyl (C=O) groups excluding carboxylic acids is 2. The molecule has 1 atom stereocenters. The molecule has 1 fully saturated rings. The third-order valence-electron chi connectivity index (χ3n) is 3.21. The highest BCUT2D eigenvalue weighted by Gasteiger charge is 2.28. The van der Waals surface area contributed by atoms with Gasteiger partial charge in [-0.1, -0.05) is 30.3 Å². The van der Waals surface area contributed by atoms with E-state index in [-0.39, 0.29) is 12.6 Å². The van der Waals surface area contributed by atoms with Crippen molar-refractivity contribution in [3.8, 4) is 0 Å². The normalized spacial score (nSPS) is 18.0. The smallest absolute Gasteiger partial charge is 0.302 e. The van der Waals surface area contributed by atoms with Crippen LogP contribution in [0.2, 0.25) is 0 Å². The van der Waals surface area contributed by atoms with E-state index in [9.17, 15) is 9.59 Å². The number of morpholine rings is 1. The van der Waals surface area contributed by atoms with Crippen LogP contribution in [0.5, 0.6) is 0 Å². The van der Waals surface area contributed by atoms with Gasteiger partial charge < -0.3 is 9.47 Å². The first kappa shape index (κ1) is 16.2. The number of ether oxygens (including phenoxy) is 2. The molecule has 1 saturated heterocycles. The first-order valence-electron chi connectivity index (χ1n) is 7.15. The van der Waals surface area contributed by atoms with Crippen molar-refractivity contribution in [2.75, 3.05) is 19.8 Å². The molecule has 2 rings (SSSR count). The van der Waals surface area contributed by atoms with Gasteiger partial charge in [-0.3, -0.25) is 9.63 Å². The molecule has 0 amide bonds. The molecule has 1 unspecified atom stereocenters. The Morgan fingerprint density at radius 3 is 2.86 bits per heavy atom. The zero-order valence-electron chi connectivity index (χ0n) is 12.5. The van der Waals surface area contributed by atoms with Crippen molar-refractivity contribution in [2.45, 2.75) is 26.1 Å². The highest BCUT2D eigenvalue weighted by molar-refractivity contribution is 5.65. The summed E-state index contributed by atoms with van der Waals surface area (Å²) in [7, 11) is 0. The molecule has 0 spiro atoms. The van der Waals surface area contributed by atoms with Gasteiger partial charge in [0.2, 0.25) is 0 Å². The van der Waals surface area contributed by atoms with E-state index >= 15 is 0 Å². The fraction of sp³-hybridized carbons (Fsp3) is 0.438. The standard InChI is InChI=1S/C16H19NO5/c1-13(19)20-9-7-16-15(11-18)17(8-10-21-16)22-12-14-5-3-2-4-6-14/h2-6,16H,7-10,12H2,1H3. The zero-order chi connectivity index (χ0) is 15.8. The van der Waals surface area contributed by atoms with Crippen LogP contribution in [0.3, 0.4) is 0 Å². The predicted octanol–water partition coefficient (Wildman–Crippen LogP) is 1.49. The first-order valence-corrected chi connectivity index (χ1v) is 7.15. The van der Waals surface area contributed by atoms with Crippen LogP contribution in [0.25, 0.3) is 0 Å². The molecular weight excluding hydrogens is 286 g/mol. The number of hydroxylamine groups is 2. The van der Waals surface area contributed by atoms with Crippen molar-refractivity contribution in [2.24, 2.45) is 0 Å². The van der Waals surface area contributed by atoms with E-state index in [1.165, 1.54) is 12.0 Å². The van der Waals surface area contributed by atoms with Crippen molar-refractivity contribution < 1.29 is 23.9 Å². The Labute approximate surface area is 129 Å². The summed E-state index contributed by atoms with van der Waals surface area (Å²) < 4.78 is 10.4. The Kier molecular flexibility index (Phi) is 6.15. The summed E-state index contributed by atoms with van der Waals surface area (Å²) in [4.78, 5) is 27.7. The third-order valence-corrected chi connectivity index (χ3v) is 3.21. The molecule has 1 aliphatic heterocycles. The van der Waals surface area contributed by atoms with E-state index in [2.05, 4.69) is 0 Å². The van der Waals surface area contributed by atoms with Gasteiger partial charge in [-0.2, -0.15) is 0 Å². The number of esters is 1. The topological polar surface area (TPSA) is 65.1 Å². The molecule has 0 aromatic heterocycles. The second-order valence-corrected chi connectivity index (χ2v) is 4.84.